The number of aliphatic hydroxyl groups is 1. The minimum Gasteiger partial charge on any atom is -0.390 e. The van der Waals surface area contributed by atoms with Crippen molar-refractivity contribution in [2.24, 2.45) is 0 Å². The summed E-state index contributed by atoms with van der Waals surface area (Å²) in [4.78, 5) is 14.6. The summed E-state index contributed by atoms with van der Waals surface area (Å²) in [5.41, 5.74) is 0.704. The van der Waals surface area contributed by atoms with Crippen LogP contribution in [-0.2, 0) is 4.74 Å². The maximum atomic E-state index is 12.4. The van der Waals surface area contributed by atoms with Crippen LogP contribution in [0.1, 0.15) is 42.2 Å². The number of aliphatic hydroxyl groups excluding tert-OH is 1. The van der Waals surface area contributed by atoms with Crippen LogP contribution in [0.2, 0.25) is 0 Å². The van der Waals surface area contributed by atoms with E-state index in [-0.39, 0.29) is 12.5 Å². The third kappa shape index (κ3) is 4.34. The molecule has 1 amide bonds. The zero-order valence-corrected chi connectivity index (χ0v) is 13.6. The van der Waals surface area contributed by atoms with Crippen LogP contribution < -0.4 is 5.32 Å². The number of hydrogen-bond acceptors (Lipinski definition) is 4. The quantitative estimate of drug-likeness (QED) is 0.821. The lowest BCUT2D eigenvalue weighted by Gasteiger charge is -2.28. The average Bonchev–Trinajstić information content (AvgIpc) is 3.24. The Kier molecular flexibility index (Phi) is 5.70. The Morgan fingerprint density at radius 1 is 1.35 bits per heavy atom. The number of nitrogens with zero attached hydrogens (tertiary/aromatic N) is 2. The molecule has 6 heteroatoms. The molecule has 2 N–H and O–H groups in total. The molecular formula is C17H27N3O3. The number of nitrogens with one attached hydrogen (secondary N) is 1. The van der Waals surface area contributed by atoms with Gasteiger partial charge in [-0.15, -0.1) is 0 Å². The van der Waals surface area contributed by atoms with Crippen molar-refractivity contribution < 1.29 is 14.6 Å². The van der Waals surface area contributed by atoms with Gasteiger partial charge in [0.25, 0.3) is 5.91 Å². The largest absolute Gasteiger partial charge is 0.390 e. The van der Waals surface area contributed by atoms with E-state index in [1.807, 2.05) is 18.3 Å². The molecule has 1 aliphatic heterocycles. The summed E-state index contributed by atoms with van der Waals surface area (Å²) >= 11 is 0. The standard InChI is InChI=1S/C17H27N3O3/c21-15(13-19-8-10-23-11-9-19)12-18-17(22)16-6-3-7-20(16)14-4-1-2-5-14/h3,6-7,14-15,21H,1-2,4-5,8-13H2,(H,18,22). The smallest absolute Gasteiger partial charge is 0.268 e. The number of aromatic nitrogens is 1. The molecule has 0 radical (unpaired) electrons. The Bertz CT molecular complexity index is 505. The molecule has 6 nitrogen and oxygen atoms in total. The van der Waals surface area contributed by atoms with Gasteiger partial charge in [-0.05, 0) is 25.0 Å². The van der Waals surface area contributed by atoms with Crippen LogP contribution in [0.5, 0.6) is 0 Å². The SMILES string of the molecule is O=C(NCC(O)CN1CCOCC1)c1cccn1C1CCCC1. The fraction of sp³-hybridized carbons (Fsp3) is 0.706. The first kappa shape index (κ1) is 16.5. The van der Waals surface area contributed by atoms with Crippen LogP contribution in [0.4, 0.5) is 0 Å². The van der Waals surface area contributed by atoms with E-state index < -0.39 is 6.10 Å². The molecule has 1 saturated heterocycles. The van der Waals surface area contributed by atoms with Gasteiger partial charge in [0, 0.05) is 38.4 Å². The van der Waals surface area contributed by atoms with Crippen LogP contribution in [0, 0.1) is 0 Å². The molecule has 0 spiro atoms. The number of ether oxygens (including phenoxy) is 1. The first-order valence-corrected chi connectivity index (χ1v) is 8.67. The molecule has 1 atom stereocenters. The van der Waals surface area contributed by atoms with Gasteiger partial charge in [0.15, 0.2) is 0 Å². The minimum atomic E-state index is -0.549. The van der Waals surface area contributed by atoms with Crippen LogP contribution in [0.3, 0.4) is 0 Å². The highest BCUT2D eigenvalue weighted by Crippen LogP contribution is 2.30. The zero-order valence-electron chi connectivity index (χ0n) is 13.6. The van der Waals surface area contributed by atoms with Crippen molar-refractivity contribution in [2.75, 3.05) is 39.4 Å². The summed E-state index contributed by atoms with van der Waals surface area (Å²) in [6.45, 7) is 3.98. The molecule has 1 aromatic rings. The predicted octanol–water partition coefficient (Wildman–Crippen LogP) is 1.03. The number of morpholine rings is 1. The van der Waals surface area contributed by atoms with Gasteiger partial charge >= 0.3 is 0 Å². The van der Waals surface area contributed by atoms with E-state index in [9.17, 15) is 9.90 Å². The number of amides is 1. The Balaban J connectivity index is 1.48. The number of rotatable bonds is 6. The lowest BCUT2D eigenvalue weighted by atomic mass is 10.2. The van der Waals surface area contributed by atoms with Gasteiger partial charge in [-0.3, -0.25) is 9.69 Å². The van der Waals surface area contributed by atoms with E-state index in [0.717, 1.165) is 25.9 Å². The highest BCUT2D eigenvalue weighted by atomic mass is 16.5. The van der Waals surface area contributed by atoms with Gasteiger partial charge < -0.3 is 19.7 Å². The topological polar surface area (TPSA) is 66.7 Å². The fourth-order valence-electron chi connectivity index (χ4n) is 3.53. The summed E-state index contributed by atoms with van der Waals surface area (Å²) in [6, 6.07) is 4.24. The van der Waals surface area contributed by atoms with Crippen molar-refractivity contribution in [3.8, 4) is 0 Å². The second-order valence-electron chi connectivity index (χ2n) is 6.52. The fourth-order valence-corrected chi connectivity index (χ4v) is 3.53. The van der Waals surface area contributed by atoms with Gasteiger partial charge in [0.1, 0.15) is 5.69 Å². The van der Waals surface area contributed by atoms with Crippen LogP contribution >= 0.6 is 0 Å². The van der Waals surface area contributed by atoms with Crippen molar-refractivity contribution in [3.05, 3.63) is 24.0 Å². The normalized spacial score (nSPS) is 21.4. The number of carbonyl (C=O) groups is 1. The Hall–Kier alpha value is -1.37. The highest BCUT2D eigenvalue weighted by Gasteiger charge is 2.22. The molecule has 0 bridgehead atoms. The number of hydrogen-bond donors (Lipinski definition) is 2. The van der Waals surface area contributed by atoms with Crippen molar-refractivity contribution >= 4 is 5.91 Å². The Labute approximate surface area is 137 Å². The first-order valence-electron chi connectivity index (χ1n) is 8.67. The second kappa shape index (κ2) is 7.95. The molecule has 2 heterocycles. The third-order valence-electron chi connectivity index (χ3n) is 4.80. The molecule has 2 aliphatic rings. The maximum Gasteiger partial charge on any atom is 0.268 e. The zero-order chi connectivity index (χ0) is 16.1. The van der Waals surface area contributed by atoms with Gasteiger partial charge in [0.2, 0.25) is 0 Å². The van der Waals surface area contributed by atoms with Crippen LogP contribution in [-0.4, -0.2) is 66.0 Å². The minimum absolute atomic E-state index is 0.0945. The summed E-state index contributed by atoms with van der Waals surface area (Å²) in [7, 11) is 0. The Morgan fingerprint density at radius 3 is 2.83 bits per heavy atom. The van der Waals surface area contributed by atoms with Crippen molar-refractivity contribution in [1.29, 1.82) is 0 Å². The number of β-amino-alcohol motifs (C(OH)–C–C–N with tert-alkyl or cyclic N) is 1. The van der Waals surface area contributed by atoms with E-state index in [1.165, 1.54) is 12.8 Å². The molecule has 1 saturated carbocycles. The molecule has 1 unspecified atom stereocenters. The van der Waals surface area contributed by atoms with Gasteiger partial charge in [0.05, 0.1) is 19.3 Å². The molecule has 2 fully saturated rings. The second-order valence-corrected chi connectivity index (χ2v) is 6.52. The van der Waals surface area contributed by atoms with E-state index >= 15 is 0 Å². The van der Waals surface area contributed by atoms with Crippen molar-refractivity contribution in [3.63, 3.8) is 0 Å². The highest BCUT2D eigenvalue weighted by molar-refractivity contribution is 5.92. The summed E-state index contributed by atoms with van der Waals surface area (Å²) in [6.07, 6.45) is 6.22. The van der Waals surface area contributed by atoms with Gasteiger partial charge in [-0.2, -0.15) is 0 Å². The predicted molar refractivity (Wildman–Crippen MR) is 87.5 cm³/mol. The van der Waals surface area contributed by atoms with E-state index in [4.69, 9.17) is 4.74 Å². The van der Waals surface area contributed by atoms with E-state index in [1.54, 1.807) is 0 Å². The summed E-state index contributed by atoms with van der Waals surface area (Å²) in [5, 5.41) is 13.0. The molecule has 128 valence electrons. The van der Waals surface area contributed by atoms with Crippen LogP contribution in [0.15, 0.2) is 18.3 Å². The lowest BCUT2D eigenvalue weighted by Crippen LogP contribution is -2.44. The summed E-state index contributed by atoms with van der Waals surface area (Å²) < 4.78 is 7.39. The van der Waals surface area contributed by atoms with Gasteiger partial charge in [-0.25, -0.2) is 0 Å². The van der Waals surface area contributed by atoms with E-state index in [0.29, 0.717) is 31.5 Å². The molecule has 1 aromatic heterocycles. The first-order chi connectivity index (χ1) is 11.2. The molecular weight excluding hydrogens is 294 g/mol. The molecule has 0 aromatic carbocycles. The van der Waals surface area contributed by atoms with E-state index in [2.05, 4.69) is 14.8 Å². The average molecular weight is 321 g/mol. The summed E-state index contributed by atoms with van der Waals surface area (Å²) in [5.74, 6) is -0.0945. The third-order valence-corrected chi connectivity index (χ3v) is 4.80. The maximum absolute atomic E-state index is 12.4. The van der Waals surface area contributed by atoms with Crippen molar-refractivity contribution in [2.45, 2.75) is 37.8 Å². The number of carbonyl (C=O) groups excluding carboxylic acids is 1. The van der Waals surface area contributed by atoms with Crippen molar-refractivity contribution in [1.82, 2.24) is 14.8 Å². The lowest BCUT2D eigenvalue weighted by molar-refractivity contribution is 0.0149. The molecule has 1 aliphatic carbocycles. The molecule has 23 heavy (non-hydrogen) atoms. The Morgan fingerprint density at radius 2 is 2.09 bits per heavy atom. The van der Waals surface area contributed by atoms with Gasteiger partial charge in [-0.1, -0.05) is 12.8 Å². The molecule has 3 rings (SSSR count). The van der Waals surface area contributed by atoms with Crippen LogP contribution in [0.25, 0.3) is 0 Å². The monoisotopic (exact) mass is 321 g/mol.